The minimum absolute atomic E-state index is 0.219. The van der Waals surface area contributed by atoms with Crippen LogP contribution in [0.15, 0.2) is 55.0 Å². The minimum atomic E-state index is -0.554. The van der Waals surface area contributed by atoms with Gasteiger partial charge in [0.25, 0.3) is 0 Å². The number of nitrogens with one attached hydrogen (secondary N) is 1. The summed E-state index contributed by atoms with van der Waals surface area (Å²) < 4.78 is 26.2. The average molecular weight is 523 g/mol. The number of nitrogens with zero attached hydrogens (tertiary/aromatic N) is 3. The number of fused-ring (bicyclic) bond motifs is 1. The molecule has 3 heterocycles. The van der Waals surface area contributed by atoms with Crippen molar-refractivity contribution in [1.82, 2.24) is 19.9 Å². The molecule has 1 unspecified atom stereocenters. The molecule has 0 spiro atoms. The first-order valence-corrected chi connectivity index (χ1v) is 12.6. The number of benzene rings is 2. The predicted molar refractivity (Wildman–Crippen MR) is 141 cm³/mol. The standard InChI is InChI=1S/C28H28ClFN4O3/c1-28(2,3)37-27(35)34-11-5-6-18(16-34)36-25-15-31-14-24(33-25)20-13-32-23-10-9-17(12-19(20)23)26-21(29)7-4-8-22(26)30/h4,7-10,12-15,18,32H,5-6,11,16H2,1-3H3. The van der Waals surface area contributed by atoms with Crippen LogP contribution in [0.2, 0.25) is 5.02 Å². The molecule has 2 aromatic heterocycles. The number of hydrogen-bond acceptors (Lipinski definition) is 5. The Morgan fingerprint density at radius 2 is 2.05 bits per heavy atom. The third-order valence-electron chi connectivity index (χ3n) is 6.14. The molecule has 37 heavy (non-hydrogen) atoms. The SMILES string of the molecule is CC(C)(C)OC(=O)N1CCCC(Oc2cncc(-c3c[nH]c4ccc(-c5c(F)cccc5Cl)cc34)n2)C1. The summed E-state index contributed by atoms with van der Waals surface area (Å²) in [6.07, 6.45) is 6.11. The number of aromatic amines is 1. The molecular formula is C28H28ClFN4O3. The Morgan fingerprint density at radius 3 is 2.84 bits per heavy atom. The summed E-state index contributed by atoms with van der Waals surface area (Å²) in [6.45, 7) is 6.60. The van der Waals surface area contributed by atoms with Crippen LogP contribution in [0.25, 0.3) is 33.3 Å². The van der Waals surface area contributed by atoms with Gasteiger partial charge < -0.3 is 19.4 Å². The van der Waals surface area contributed by atoms with Crippen LogP contribution in [-0.4, -0.2) is 50.7 Å². The fraction of sp³-hybridized carbons (Fsp3) is 0.321. The second-order valence-electron chi connectivity index (χ2n) is 10.1. The lowest BCUT2D eigenvalue weighted by Gasteiger charge is -2.33. The van der Waals surface area contributed by atoms with Gasteiger partial charge >= 0.3 is 6.09 Å². The molecule has 9 heteroatoms. The maximum Gasteiger partial charge on any atom is 0.410 e. The molecule has 1 N–H and O–H groups in total. The van der Waals surface area contributed by atoms with Gasteiger partial charge in [-0.2, -0.15) is 0 Å². The molecule has 1 saturated heterocycles. The van der Waals surface area contributed by atoms with Crippen LogP contribution in [0, 0.1) is 5.82 Å². The average Bonchev–Trinajstić information content (AvgIpc) is 3.27. The van der Waals surface area contributed by atoms with Gasteiger partial charge in [-0.3, -0.25) is 4.98 Å². The van der Waals surface area contributed by atoms with Crippen molar-refractivity contribution in [3.05, 3.63) is 65.8 Å². The molecule has 1 amide bonds. The first-order valence-electron chi connectivity index (χ1n) is 12.2. The summed E-state index contributed by atoms with van der Waals surface area (Å²) in [5.74, 6) is -0.0109. The highest BCUT2D eigenvalue weighted by atomic mass is 35.5. The maximum atomic E-state index is 14.6. The van der Waals surface area contributed by atoms with Gasteiger partial charge in [0.2, 0.25) is 5.88 Å². The van der Waals surface area contributed by atoms with Gasteiger partial charge in [0.1, 0.15) is 17.5 Å². The summed E-state index contributed by atoms with van der Waals surface area (Å²) in [4.78, 5) is 26.4. The molecule has 1 atom stereocenters. The first kappa shape index (κ1) is 25.0. The van der Waals surface area contributed by atoms with E-state index in [-0.39, 0.29) is 18.0 Å². The largest absolute Gasteiger partial charge is 0.471 e. The van der Waals surface area contributed by atoms with E-state index in [2.05, 4.69) is 15.0 Å². The van der Waals surface area contributed by atoms with Crippen molar-refractivity contribution in [1.29, 1.82) is 0 Å². The topological polar surface area (TPSA) is 80.3 Å². The van der Waals surface area contributed by atoms with E-state index in [1.807, 2.05) is 45.2 Å². The van der Waals surface area contributed by atoms with Gasteiger partial charge in [-0.05, 0) is 63.4 Å². The van der Waals surface area contributed by atoms with Crippen LogP contribution in [-0.2, 0) is 4.74 Å². The third kappa shape index (κ3) is 5.54. The lowest BCUT2D eigenvalue weighted by atomic mass is 10.0. The Kier molecular flexibility index (Phi) is 6.77. The van der Waals surface area contributed by atoms with Crippen LogP contribution in [0.4, 0.5) is 9.18 Å². The number of amides is 1. The number of ether oxygens (including phenoxy) is 2. The van der Waals surface area contributed by atoms with E-state index < -0.39 is 5.60 Å². The second kappa shape index (κ2) is 10.0. The molecule has 1 fully saturated rings. The van der Waals surface area contributed by atoms with Crippen LogP contribution >= 0.6 is 11.6 Å². The van der Waals surface area contributed by atoms with Crippen LogP contribution < -0.4 is 4.74 Å². The Morgan fingerprint density at radius 1 is 1.22 bits per heavy atom. The van der Waals surface area contributed by atoms with Crippen LogP contribution in [0.5, 0.6) is 5.88 Å². The number of carbonyl (C=O) groups is 1. The normalized spacial score (nSPS) is 16.1. The number of aromatic nitrogens is 3. The van der Waals surface area contributed by atoms with Gasteiger partial charge in [-0.25, -0.2) is 14.2 Å². The first-order chi connectivity index (χ1) is 17.7. The summed E-state index contributed by atoms with van der Waals surface area (Å²) in [6, 6.07) is 10.3. The molecule has 0 saturated carbocycles. The zero-order valence-corrected chi connectivity index (χ0v) is 21.7. The third-order valence-corrected chi connectivity index (χ3v) is 6.45. The Hall–Kier alpha value is -3.65. The zero-order valence-electron chi connectivity index (χ0n) is 20.9. The minimum Gasteiger partial charge on any atom is -0.471 e. The number of piperidine rings is 1. The van der Waals surface area contributed by atoms with Gasteiger partial charge in [0, 0.05) is 34.8 Å². The zero-order chi connectivity index (χ0) is 26.2. The van der Waals surface area contributed by atoms with Crippen LogP contribution in [0.3, 0.4) is 0 Å². The number of H-pyrrole nitrogens is 1. The van der Waals surface area contributed by atoms with E-state index in [4.69, 9.17) is 21.1 Å². The lowest BCUT2D eigenvalue weighted by molar-refractivity contribution is 0.00719. The van der Waals surface area contributed by atoms with E-state index in [1.54, 1.807) is 29.4 Å². The number of rotatable bonds is 4. The number of carbonyl (C=O) groups excluding carboxylic acids is 1. The van der Waals surface area contributed by atoms with Crippen molar-refractivity contribution in [2.45, 2.75) is 45.3 Å². The van der Waals surface area contributed by atoms with E-state index in [1.165, 1.54) is 6.07 Å². The van der Waals surface area contributed by atoms with Gasteiger partial charge in [0.05, 0.1) is 29.7 Å². The maximum absolute atomic E-state index is 14.6. The van der Waals surface area contributed by atoms with E-state index in [9.17, 15) is 9.18 Å². The molecule has 0 aliphatic carbocycles. The number of halogens is 2. The van der Waals surface area contributed by atoms with Gasteiger partial charge in [-0.15, -0.1) is 0 Å². The molecule has 5 rings (SSSR count). The van der Waals surface area contributed by atoms with Crippen molar-refractivity contribution in [3.8, 4) is 28.3 Å². The number of likely N-dealkylation sites (tertiary alicyclic amines) is 1. The van der Waals surface area contributed by atoms with Crippen molar-refractivity contribution in [2.75, 3.05) is 13.1 Å². The van der Waals surface area contributed by atoms with Crippen LogP contribution in [0.1, 0.15) is 33.6 Å². The van der Waals surface area contributed by atoms with Crippen molar-refractivity contribution >= 4 is 28.6 Å². The molecule has 1 aliphatic heterocycles. The van der Waals surface area contributed by atoms with Crippen molar-refractivity contribution in [3.63, 3.8) is 0 Å². The van der Waals surface area contributed by atoms with E-state index >= 15 is 0 Å². The molecular weight excluding hydrogens is 495 g/mol. The van der Waals surface area contributed by atoms with E-state index in [0.29, 0.717) is 40.8 Å². The molecule has 0 bridgehead atoms. The Balaban J connectivity index is 1.38. The predicted octanol–water partition coefficient (Wildman–Crippen LogP) is 6.86. The highest BCUT2D eigenvalue weighted by Crippen LogP contribution is 2.35. The summed E-state index contributed by atoms with van der Waals surface area (Å²) >= 11 is 6.30. The Labute approximate surface area is 219 Å². The van der Waals surface area contributed by atoms with Gasteiger partial charge in [0.15, 0.2) is 0 Å². The second-order valence-corrected chi connectivity index (χ2v) is 10.5. The smallest absolute Gasteiger partial charge is 0.410 e. The highest BCUT2D eigenvalue weighted by Gasteiger charge is 2.29. The van der Waals surface area contributed by atoms with Crippen molar-refractivity contribution in [2.24, 2.45) is 0 Å². The van der Waals surface area contributed by atoms with E-state index in [0.717, 1.165) is 29.3 Å². The van der Waals surface area contributed by atoms with Crippen molar-refractivity contribution < 1.29 is 18.7 Å². The molecule has 7 nitrogen and oxygen atoms in total. The molecule has 2 aromatic carbocycles. The quantitative estimate of drug-likeness (QED) is 0.316. The fourth-order valence-electron chi connectivity index (χ4n) is 4.49. The van der Waals surface area contributed by atoms with Gasteiger partial charge in [-0.1, -0.05) is 23.7 Å². The Bertz CT molecular complexity index is 1430. The molecule has 1 aliphatic rings. The molecule has 0 radical (unpaired) electrons. The number of hydrogen-bond donors (Lipinski definition) is 1. The molecule has 192 valence electrons. The molecule has 4 aromatic rings. The summed E-state index contributed by atoms with van der Waals surface area (Å²) in [5.41, 5.74) is 2.76. The monoisotopic (exact) mass is 522 g/mol. The lowest BCUT2D eigenvalue weighted by Crippen LogP contribution is -2.46. The summed E-state index contributed by atoms with van der Waals surface area (Å²) in [5, 5.41) is 1.21. The fourth-order valence-corrected chi connectivity index (χ4v) is 4.77. The summed E-state index contributed by atoms with van der Waals surface area (Å²) in [7, 11) is 0. The highest BCUT2D eigenvalue weighted by molar-refractivity contribution is 6.33.